The predicted octanol–water partition coefficient (Wildman–Crippen LogP) is -0.0974. The molecule has 3 fully saturated rings. The number of nitrogens with one attached hydrogen (secondary N) is 1. The first-order valence-electron chi connectivity index (χ1n) is 7.96. The number of amides is 2. The molecule has 3 saturated heterocycles. The molecule has 3 aliphatic heterocycles. The Morgan fingerprint density at radius 1 is 1.33 bits per heavy atom. The number of nitrogens with zero attached hydrogens (tertiary/aromatic N) is 1. The zero-order valence-electron chi connectivity index (χ0n) is 12.3. The minimum absolute atomic E-state index is 0.0118. The molecular formula is C15H24N2O4. The lowest BCUT2D eigenvalue weighted by atomic mass is 9.71. The SMILES string of the molecule is O=C(C1CCOCC1)N1CC[C@@H](O)[C@@]2(CCCNC2=O)C1. The Kier molecular flexibility index (Phi) is 4.17. The van der Waals surface area contributed by atoms with Crippen molar-refractivity contribution in [1.29, 1.82) is 0 Å². The topological polar surface area (TPSA) is 78.9 Å². The van der Waals surface area contributed by atoms with Gasteiger partial charge < -0.3 is 20.1 Å². The Morgan fingerprint density at radius 3 is 2.81 bits per heavy atom. The van der Waals surface area contributed by atoms with Crippen LogP contribution in [0.5, 0.6) is 0 Å². The van der Waals surface area contributed by atoms with E-state index < -0.39 is 11.5 Å². The maximum atomic E-state index is 12.6. The largest absolute Gasteiger partial charge is 0.392 e. The van der Waals surface area contributed by atoms with E-state index in [0.717, 1.165) is 19.3 Å². The zero-order valence-corrected chi connectivity index (χ0v) is 12.3. The molecule has 2 atom stereocenters. The van der Waals surface area contributed by atoms with Gasteiger partial charge in [0.2, 0.25) is 11.8 Å². The standard InChI is InChI=1S/C15H24N2O4/c18-12-2-7-17(13(19)11-3-8-21-9-4-11)10-15(12)5-1-6-16-14(15)20/h11-12,18H,1-10H2,(H,16,20)/t12-,15-/m1/s1. The third-order valence-corrected chi connectivity index (χ3v) is 5.20. The molecule has 0 aromatic rings. The molecule has 6 heteroatoms. The van der Waals surface area contributed by atoms with Crippen LogP contribution in [0, 0.1) is 11.3 Å². The van der Waals surface area contributed by atoms with Crippen LogP contribution in [0.2, 0.25) is 0 Å². The van der Waals surface area contributed by atoms with Crippen molar-refractivity contribution in [3.8, 4) is 0 Å². The molecule has 0 bridgehead atoms. The number of ether oxygens (including phenoxy) is 1. The molecule has 0 aromatic carbocycles. The first-order valence-corrected chi connectivity index (χ1v) is 7.96. The van der Waals surface area contributed by atoms with Crippen LogP contribution in [0.15, 0.2) is 0 Å². The summed E-state index contributed by atoms with van der Waals surface area (Å²) in [5.41, 5.74) is -0.794. The molecule has 1 spiro atoms. The summed E-state index contributed by atoms with van der Waals surface area (Å²) in [5.74, 6) is 0.0476. The van der Waals surface area contributed by atoms with Crippen LogP contribution in [0.25, 0.3) is 0 Å². The van der Waals surface area contributed by atoms with E-state index in [-0.39, 0.29) is 17.7 Å². The summed E-state index contributed by atoms with van der Waals surface area (Å²) in [7, 11) is 0. The molecule has 0 aliphatic carbocycles. The average Bonchev–Trinajstić information content (AvgIpc) is 2.53. The normalized spacial score (nSPS) is 34.8. The van der Waals surface area contributed by atoms with Crippen molar-refractivity contribution in [3.63, 3.8) is 0 Å². The Bertz CT molecular complexity index is 422. The van der Waals surface area contributed by atoms with Crippen molar-refractivity contribution in [2.75, 3.05) is 32.8 Å². The molecule has 6 nitrogen and oxygen atoms in total. The van der Waals surface area contributed by atoms with Gasteiger partial charge in [-0.3, -0.25) is 9.59 Å². The van der Waals surface area contributed by atoms with Crippen molar-refractivity contribution in [1.82, 2.24) is 10.2 Å². The van der Waals surface area contributed by atoms with E-state index in [1.165, 1.54) is 0 Å². The van der Waals surface area contributed by atoms with Gasteiger partial charge in [-0.05, 0) is 32.1 Å². The van der Waals surface area contributed by atoms with E-state index in [2.05, 4.69) is 5.32 Å². The van der Waals surface area contributed by atoms with E-state index >= 15 is 0 Å². The second-order valence-electron chi connectivity index (χ2n) is 6.47. The molecule has 21 heavy (non-hydrogen) atoms. The molecule has 3 aliphatic rings. The fourth-order valence-electron chi connectivity index (χ4n) is 3.83. The quantitative estimate of drug-likeness (QED) is 0.708. The molecule has 0 saturated carbocycles. The number of carbonyl (C=O) groups is 2. The molecule has 3 heterocycles. The lowest BCUT2D eigenvalue weighted by Crippen LogP contribution is -2.62. The van der Waals surface area contributed by atoms with Gasteiger partial charge in [0.15, 0.2) is 0 Å². The van der Waals surface area contributed by atoms with E-state index in [0.29, 0.717) is 45.7 Å². The van der Waals surface area contributed by atoms with Gasteiger partial charge in [0.05, 0.1) is 11.5 Å². The number of piperidine rings is 2. The van der Waals surface area contributed by atoms with Gasteiger partial charge in [0.25, 0.3) is 0 Å². The Labute approximate surface area is 124 Å². The monoisotopic (exact) mass is 296 g/mol. The molecular weight excluding hydrogens is 272 g/mol. The fourth-order valence-corrected chi connectivity index (χ4v) is 3.83. The molecule has 0 radical (unpaired) electrons. The lowest BCUT2D eigenvalue weighted by molar-refractivity contribution is -0.157. The number of aliphatic hydroxyl groups excluding tert-OH is 1. The second-order valence-corrected chi connectivity index (χ2v) is 6.47. The van der Waals surface area contributed by atoms with Gasteiger partial charge in [0.1, 0.15) is 0 Å². The minimum Gasteiger partial charge on any atom is -0.392 e. The summed E-state index contributed by atoms with van der Waals surface area (Å²) in [6, 6.07) is 0. The summed E-state index contributed by atoms with van der Waals surface area (Å²) in [4.78, 5) is 26.7. The highest BCUT2D eigenvalue weighted by Gasteiger charge is 2.51. The summed E-state index contributed by atoms with van der Waals surface area (Å²) in [6.07, 6.45) is 2.90. The maximum Gasteiger partial charge on any atom is 0.230 e. The molecule has 2 amide bonds. The highest BCUT2D eigenvalue weighted by molar-refractivity contribution is 5.86. The molecule has 0 unspecified atom stereocenters. The van der Waals surface area contributed by atoms with Gasteiger partial charge in [-0.25, -0.2) is 0 Å². The van der Waals surface area contributed by atoms with Crippen LogP contribution in [0.3, 0.4) is 0 Å². The molecule has 0 aromatic heterocycles. The second kappa shape index (κ2) is 5.93. The van der Waals surface area contributed by atoms with Crippen LogP contribution < -0.4 is 5.32 Å². The van der Waals surface area contributed by atoms with Gasteiger partial charge >= 0.3 is 0 Å². The first-order chi connectivity index (χ1) is 10.1. The Balaban J connectivity index is 1.72. The maximum absolute atomic E-state index is 12.6. The summed E-state index contributed by atoms with van der Waals surface area (Å²) >= 11 is 0. The third-order valence-electron chi connectivity index (χ3n) is 5.20. The van der Waals surface area contributed by atoms with Gasteiger partial charge in [0, 0.05) is 38.8 Å². The van der Waals surface area contributed by atoms with E-state index in [9.17, 15) is 14.7 Å². The summed E-state index contributed by atoms with van der Waals surface area (Å²) < 4.78 is 5.31. The van der Waals surface area contributed by atoms with Gasteiger partial charge in [-0.15, -0.1) is 0 Å². The van der Waals surface area contributed by atoms with Crippen molar-refractivity contribution in [2.24, 2.45) is 11.3 Å². The molecule has 118 valence electrons. The predicted molar refractivity (Wildman–Crippen MR) is 75.4 cm³/mol. The third kappa shape index (κ3) is 2.66. The minimum atomic E-state index is -0.794. The van der Waals surface area contributed by atoms with Crippen LogP contribution >= 0.6 is 0 Å². The van der Waals surface area contributed by atoms with E-state index in [1.807, 2.05) is 0 Å². The smallest absolute Gasteiger partial charge is 0.230 e. The molecule has 2 N–H and O–H groups in total. The Morgan fingerprint density at radius 2 is 2.10 bits per heavy atom. The number of likely N-dealkylation sites (tertiary alicyclic amines) is 1. The summed E-state index contributed by atoms with van der Waals surface area (Å²) in [5, 5.41) is 13.2. The van der Waals surface area contributed by atoms with E-state index in [1.54, 1.807) is 4.90 Å². The fraction of sp³-hybridized carbons (Fsp3) is 0.867. The first kappa shape index (κ1) is 14.8. The number of rotatable bonds is 1. The van der Waals surface area contributed by atoms with Gasteiger partial charge in [-0.1, -0.05) is 0 Å². The van der Waals surface area contributed by atoms with Crippen molar-refractivity contribution in [3.05, 3.63) is 0 Å². The van der Waals surface area contributed by atoms with Crippen LogP contribution in [-0.4, -0.2) is 60.8 Å². The summed E-state index contributed by atoms with van der Waals surface area (Å²) in [6.45, 7) is 2.85. The zero-order chi connectivity index (χ0) is 14.9. The highest BCUT2D eigenvalue weighted by atomic mass is 16.5. The van der Waals surface area contributed by atoms with Crippen LogP contribution in [0.1, 0.15) is 32.1 Å². The van der Waals surface area contributed by atoms with Crippen molar-refractivity contribution in [2.45, 2.75) is 38.2 Å². The molecule has 3 rings (SSSR count). The number of hydrogen-bond acceptors (Lipinski definition) is 4. The van der Waals surface area contributed by atoms with Crippen LogP contribution in [0.4, 0.5) is 0 Å². The van der Waals surface area contributed by atoms with Gasteiger partial charge in [-0.2, -0.15) is 0 Å². The van der Waals surface area contributed by atoms with Crippen LogP contribution in [-0.2, 0) is 14.3 Å². The highest BCUT2D eigenvalue weighted by Crippen LogP contribution is 2.38. The lowest BCUT2D eigenvalue weighted by Gasteiger charge is -2.47. The number of carbonyl (C=O) groups excluding carboxylic acids is 2. The Hall–Kier alpha value is -1.14. The number of hydrogen-bond donors (Lipinski definition) is 2. The van der Waals surface area contributed by atoms with Crippen molar-refractivity contribution >= 4 is 11.8 Å². The van der Waals surface area contributed by atoms with E-state index in [4.69, 9.17) is 4.74 Å². The van der Waals surface area contributed by atoms with Crippen molar-refractivity contribution < 1.29 is 19.4 Å². The average molecular weight is 296 g/mol. The number of aliphatic hydroxyl groups is 1.